The summed E-state index contributed by atoms with van der Waals surface area (Å²) in [5.74, 6) is 0.130. The van der Waals surface area contributed by atoms with Crippen LogP contribution in [0.3, 0.4) is 0 Å². The quantitative estimate of drug-likeness (QED) is 0.904. The van der Waals surface area contributed by atoms with Gasteiger partial charge in [-0.05, 0) is 36.3 Å². The third-order valence-corrected chi connectivity index (χ3v) is 4.56. The van der Waals surface area contributed by atoms with Gasteiger partial charge < -0.3 is 10.2 Å². The zero-order valence-electron chi connectivity index (χ0n) is 12.6. The molecule has 0 saturated carbocycles. The van der Waals surface area contributed by atoms with Crippen LogP contribution in [0.25, 0.3) is 0 Å². The van der Waals surface area contributed by atoms with Crippen LogP contribution >= 0.6 is 0 Å². The van der Waals surface area contributed by atoms with Gasteiger partial charge in [0.25, 0.3) is 0 Å². The Balaban J connectivity index is 1.93. The summed E-state index contributed by atoms with van der Waals surface area (Å²) in [7, 11) is 0. The van der Waals surface area contributed by atoms with E-state index in [-0.39, 0.29) is 36.4 Å². The van der Waals surface area contributed by atoms with Gasteiger partial charge in [0.15, 0.2) is 0 Å². The van der Waals surface area contributed by atoms with Crippen molar-refractivity contribution in [3.05, 3.63) is 35.4 Å². The second kappa shape index (κ2) is 5.51. The number of amides is 2. The molecule has 1 aliphatic heterocycles. The Morgan fingerprint density at radius 1 is 1.24 bits per heavy atom. The fraction of sp³-hybridized carbons (Fsp3) is 0.529. The molecule has 0 spiro atoms. The molecule has 2 atom stereocenters. The van der Waals surface area contributed by atoms with Crippen molar-refractivity contribution in [2.24, 2.45) is 5.92 Å². The summed E-state index contributed by atoms with van der Waals surface area (Å²) in [5.41, 5.74) is 2.53. The number of piperazine rings is 1. The van der Waals surface area contributed by atoms with E-state index in [1.165, 1.54) is 11.1 Å². The Bertz CT molecular complexity index is 568. The number of nitrogens with one attached hydrogen (secondary N) is 1. The Kier molecular flexibility index (Phi) is 3.70. The van der Waals surface area contributed by atoms with Crippen molar-refractivity contribution in [2.45, 2.75) is 45.2 Å². The molecule has 1 aromatic carbocycles. The minimum absolute atomic E-state index is 0.0450. The van der Waals surface area contributed by atoms with Gasteiger partial charge >= 0.3 is 0 Å². The predicted molar refractivity (Wildman–Crippen MR) is 80.6 cm³/mol. The molecule has 1 fully saturated rings. The zero-order chi connectivity index (χ0) is 15.0. The SMILES string of the molecule is CC(C)C1NC(=O)CN(C2CCCc3ccccc32)C1=O. The number of carbonyl (C=O) groups is 2. The van der Waals surface area contributed by atoms with E-state index in [0.29, 0.717) is 0 Å². The van der Waals surface area contributed by atoms with Crippen LogP contribution in [0.5, 0.6) is 0 Å². The van der Waals surface area contributed by atoms with Gasteiger partial charge in [-0.15, -0.1) is 0 Å². The lowest BCUT2D eigenvalue weighted by molar-refractivity contribution is -0.148. The number of rotatable bonds is 2. The fourth-order valence-corrected chi connectivity index (χ4v) is 3.46. The minimum Gasteiger partial charge on any atom is -0.343 e. The van der Waals surface area contributed by atoms with Crippen LogP contribution < -0.4 is 5.32 Å². The molecule has 1 heterocycles. The zero-order valence-corrected chi connectivity index (χ0v) is 12.6. The molecule has 1 N–H and O–H groups in total. The fourth-order valence-electron chi connectivity index (χ4n) is 3.46. The smallest absolute Gasteiger partial charge is 0.246 e. The van der Waals surface area contributed by atoms with E-state index in [1.54, 1.807) is 4.90 Å². The average Bonchev–Trinajstić information content (AvgIpc) is 2.48. The van der Waals surface area contributed by atoms with Crippen LogP contribution in [-0.4, -0.2) is 29.3 Å². The van der Waals surface area contributed by atoms with Crippen LogP contribution in [0.2, 0.25) is 0 Å². The van der Waals surface area contributed by atoms with Gasteiger partial charge in [0.05, 0.1) is 6.04 Å². The van der Waals surface area contributed by atoms with Crippen LogP contribution in [0.15, 0.2) is 24.3 Å². The Morgan fingerprint density at radius 3 is 2.76 bits per heavy atom. The maximum absolute atomic E-state index is 12.7. The maximum Gasteiger partial charge on any atom is 0.246 e. The Morgan fingerprint density at radius 2 is 2.00 bits per heavy atom. The van der Waals surface area contributed by atoms with Crippen LogP contribution in [0.4, 0.5) is 0 Å². The number of nitrogens with zero attached hydrogens (tertiary/aromatic N) is 1. The van der Waals surface area contributed by atoms with Crippen molar-refractivity contribution in [1.82, 2.24) is 10.2 Å². The first-order valence-electron chi connectivity index (χ1n) is 7.75. The van der Waals surface area contributed by atoms with Gasteiger partial charge in [-0.3, -0.25) is 9.59 Å². The molecular weight excluding hydrogens is 264 g/mol. The van der Waals surface area contributed by atoms with Crippen LogP contribution in [0, 0.1) is 5.92 Å². The average molecular weight is 286 g/mol. The van der Waals surface area contributed by atoms with Gasteiger partial charge in [-0.25, -0.2) is 0 Å². The van der Waals surface area contributed by atoms with Gasteiger partial charge in [-0.1, -0.05) is 38.1 Å². The van der Waals surface area contributed by atoms with Crippen molar-refractivity contribution in [3.8, 4) is 0 Å². The van der Waals surface area contributed by atoms with Gasteiger partial charge in [0.2, 0.25) is 11.8 Å². The summed E-state index contributed by atoms with van der Waals surface area (Å²) in [6.07, 6.45) is 3.08. The molecule has 0 aromatic heterocycles. The summed E-state index contributed by atoms with van der Waals surface area (Å²) in [4.78, 5) is 26.5. The van der Waals surface area contributed by atoms with E-state index < -0.39 is 0 Å². The third-order valence-electron chi connectivity index (χ3n) is 4.56. The number of benzene rings is 1. The highest BCUT2D eigenvalue weighted by Gasteiger charge is 2.39. The number of hydrogen-bond donors (Lipinski definition) is 1. The molecule has 2 unspecified atom stereocenters. The lowest BCUT2D eigenvalue weighted by atomic mass is 9.85. The number of fused-ring (bicyclic) bond motifs is 1. The van der Waals surface area contributed by atoms with Crippen molar-refractivity contribution < 1.29 is 9.59 Å². The largest absolute Gasteiger partial charge is 0.343 e. The molecule has 4 heteroatoms. The van der Waals surface area contributed by atoms with Gasteiger partial charge in [-0.2, -0.15) is 0 Å². The number of carbonyl (C=O) groups excluding carboxylic acids is 2. The van der Waals surface area contributed by atoms with Crippen molar-refractivity contribution in [1.29, 1.82) is 0 Å². The predicted octanol–water partition coefficient (Wildman–Crippen LogP) is 2.05. The third kappa shape index (κ3) is 2.55. The first-order chi connectivity index (χ1) is 10.1. The van der Waals surface area contributed by atoms with Gasteiger partial charge in [0, 0.05) is 0 Å². The molecule has 21 heavy (non-hydrogen) atoms. The molecule has 1 saturated heterocycles. The van der Waals surface area contributed by atoms with E-state index in [2.05, 4.69) is 17.4 Å². The summed E-state index contributed by atoms with van der Waals surface area (Å²) < 4.78 is 0. The second-order valence-electron chi connectivity index (χ2n) is 6.36. The summed E-state index contributed by atoms with van der Waals surface area (Å²) in [6.45, 7) is 4.13. The number of hydrogen-bond acceptors (Lipinski definition) is 2. The standard InChI is InChI=1S/C17H22N2O2/c1-11(2)16-17(21)19(10-15(20)18-16)14-9-5-7-12-6-3-4-8-13(12)14/h3-4,6,8,11,14,16H,5,7,9-10H2,1-2H3,(H,18,20). The van der Waals surface area contributed by atoms with Crippen LogP contribution in [-0.2, 0) is 16.0 Å². The molecule has 2 amide bonds. The van der Waals surface area contributed by atoms with E-state index in [0.717, 1.165) is 19.3 Å². The number of aryl methyl sites for hydroxylation is 1. The normalized spacial score (nSPS) is 25.8. The first kappa shape index (κ1) is 14.1. The highest BCUT2D eigenvalue weighted by molar-refractivity contribution is 5.95. The minimum atomic E-state index is -0.389. The monoisotopic (exact) mass is 286 g/mol. The molecule has 1 aromatic rings. The maximum atomic E-state index is 12.7. The molecule has 2 aliphatic rings. The van der Waals surface area contributed by atoms with Gasteiger partial charge in [0.1, 0.15) is 12.6 Å². The Hall–Kier alpha value is -1.84. The first-order valence-corrected chi connectivity index (χ1v) is 7.75. The second-order valence-corrected chi connectivity index (χ2v) is 6.36. The van der Waals surface area contributed by atoms with Crippen molar-refractivity contribution >= 4 is 11.8 Å². The van der Waals surface area contributed by atoms with E-state index in [1.807, 2.05) is 26.0 Å². The molecule has 112 valence electrons. The molecule has 0 bridgehead atoms. The summed E-state index contributed by atoms with van der Waals surface area (Å²) in [5, 5.41) is 2.83. The Labute approximate surface area is 125 Å². The molecule has 3 rings (SSSR count). The molecule has 0 radical (unpaired) electrons. The molecule has 4 nitrogen and oxygen atoms in total. The van der Waals surface area contributed by atoms with E-state index >= 15 is 0 Å². The highest BCUT2D eigenvalue weighted by Crippen LogP contribution is 2.35. The van der Waals surface area contributed by atoms with Crippen LogP contribution in [0.1, 0.15) is 43.9 Å². The summed E-state index contributed by atoms with van der Waals surface area (Å²) >= 11 is 0. The highest BCUT2D eigenvalue weighted by atomic mass is 16.2. The summed E-state index contributed by atoms with van der Waals surface area (Å²) in [6, 6.07) is 7.96. The lowest BCUT2D eigenvalue weighted by Crippen LogP contribution is -2.60. The van der Waals surface area contributed by atoms with Crippen molar-refractivity contribution in [2.75, 3.05) is 6.54 Å². The topological polar surface area (TPSA) is 49.4 Å². The molecular formula is C17H22N2O2. The van der Waals surface area contributed by atoms with E-state index in [9.17, 15) is 9.59 Å². The van der Waals surface area contributed by atoms with E-state index in [4.69, 9.17) is 0 Å². The lowest BCUT2D eigenvalue weighted by Gasteiger charge is -2.41. The molecule has 1 aliphatic carbocycles. The van der Waals surface area contributed by atoms with Crippen molar-refractivity contribution in [3.63, 3.8) is 0 Å².